The minimum atomic E-state index is -0.629. The Morgan fingerprint density at radius 3 is 2.08 bits per heavy atom. The molecule has 0 aromatic heterocycles. The normalized spacial score (nSPS) is 13.8. The van der Waals surface area contributed by atoms with E-state index in [4.69, 9.17) is 4.74 Å². The fourth-order valence-electron chi connectivity index (χ4n) is 4.30. The molecular formula is C32H42N2O5. The molecule has 2 aromatic rings. The van der Waals surface area contributed by atoms with E-state index in [1.54, 1.807) is 19.1 Å². The second-order valence-electron chi connectivity index (χ2n) is 9.85. The number of aliphatic hydroxyl groups is 1. The summed E-state index contributed by atoms with van der Waals surface area (Å²) in [5.74, 6) is -1.88. The predicted molar refractivity (Wildman–Crippen MR) is 154 cm³/mol. The number of carbonyl (C=O) groups excluding carboxylic acids is 3. The Labute approximate surface area is 232 Å². The van der Waals surface area contributed by atoms with Gasteiger partial charge in [-0.25, -0.2) is 0 Å². The summed E-state index contributed by atoms with van der Waals surface area (Å²) in [5.41, 5.74) is 2.05. The van der Waals surface area contributed by atoms with Crippen molar-refractivity contribution in [3.8, 4) is 0 Å². The number of esters is 1. The molecule has 2 rings (SSSR count). The van der Waals surface area contributed by atoms with Crippen molar-refractivity contribution in [3.05, 3.63) is 97.1 Å². The molecule has 0 unspecified atom stereocenters. The summed E-state index contributed by atoms with van der Waals surface area (Å²) >= 11 is 0. The number of benzene rings is 2. The van der Waals surface area contributed by atoms with E-state index in [1.807, 2.05) is 60.7 Å². The number of ether oxygens (including phenoxy) is 1. The van der Waals surface area contributed by atoms with Gasteiger partial charge in [0, 0.05) is 6.42 Å². The molecule has 0 saturated heterocycles. The van der Waals surface area contributed by atoms with Crippen molar-refractivity contribution in [2.45, 2.75) is 57.5 Å². The maximum atomic E-state index is 12.9. The lowest BCUT2D eigenvalue weighted by molar-refractivity contribution is -0.150. The van der Waals surface area contributed by atoms with Crippen LogP contribution < -0.4 is 10.6 Å². The second kappa shape index (κ2) is 17.7. The number of rotatable bonds is 18. The van der Waals surface area contributed by atoms with Gasteiger partial charge in [-0.2, -0.15) is 0 Å². The molecule has 39 heavy (non-hydrogen) atoms. The molecule has 210 valence electrons. The van der Waals surface area contributed by atoms with Gasteiger partial charge in [-0.1, -0.05) is 72.8 Å². The van der Waals surface area contributed by atoms with E-state index in [0.717, 1.165) is 11.1 Å². The Morgan fingerprint density at radius 2 is 1.51 bits per heavy atom. The van der Waals surface area contributed by atoms with Crippen molar-refractivity contribution in [1.82, 2.24) is 10.6 Å². The van der Waals surface area contributed by atoms with Crippen LogP contribution in [0, 0.1) is 11.8 Å². The number of aliphatic hydroxyl groups excluding tert-OH is 1. The van der Waals surface area contributed by atoms with Gasteiger partial charge >= 0.3 is 5.97 Å². The van der Waals surface area contributed by atoms with Crippen molar-refractivity contribution < 1.29 is 24.2 Å². The van der Waals surface area contributed by atoms with E-state index in [-0.39, 0.29) is 43.3 Å². The zero-order valence-corrected chi connectivity index (χ0v) is 22.9. The van der Waals surface area contributed by atoms with Crippen LogP contribution in [0.25, 0.3) is 0 Å². The zero-order chi connectivity index (χ0) is 28.5. The van der Waals surface area contributed by atoms with Gasteiger partial charge in [0.25, 0.3) is 0 Å². The van der Waals surface area contributed by atoms with Gasteiger partial charge in [-0.05, 0) is 50.2 Å². The first-order chi connectivity index (χ1) is 18.9. The third kappa shape index (κ3) is 12.1. The van der Waals surface area contributed by atoms with E-state index in [1.165, 1.54) is 0 Å². The van der Waals surface area contributed by atoms with Crippen LogP contribution in [0.1, 0.15) is 43.7 Å². The molecular weight excluding hydrogens is 492 g/mol. The summed E-state index contributed by atoms with van der Waals surface area (Å²) in [5, 5.41) is 15.4. The number of hydrogen-bond acceptors (Lipinski definition) is 5. The first-order valence-corrected chi connectivity index (χ1v) is 13.5. The third-order valence-corrected chi connectivity index (χ3v) is 6.41. The molecule has 0 radical (unpaired) electrons. The molecule has 0 bridgehead atoms. The number of carbonyl (C=O) groups is 3. The van der Waals surface area contributed by atoms with Crippen LogP contribution in [-0.4, -0.2) is 48.2 Å². The summed E-state index contributed by atoms with van der Waals surface area (Å²) < 4.78 is 5.57. The standard InChI is InChI=1S/C32H42N2O5/c1-4-6-18-28(19-25-14-9-7-10-15-25)32(38)39-23-24(3)33-31(37)27(13-5-2)21-30(36)34-29(22-35)20-26-16-11-8-12-17-26/h4-5,7-12,14-17,24,27-29,35H,1-2,6,13,18-23H2,3H3,(H,33,37)(H,34,36)/t24-,27+,28+,29-/m0/s1. The smallest absolute Gasteiger partial charge is 0.309 e. The lowest BCUT2D eigenvalue weighted by Gasteiger charge is -2.22. The molecule has 0 aliphatic rings. The molecule has 0 fully saturated rings. The first kappa shape index (κ1) is 31.5. The van der Waals surface area contributed by atoms with Crippen molar-refractivity contribution >= 4 is 17.8 Å². The molecule has 4 atom stereocenters. The number of allylic oxidation sites excluding steroid dienone is 2. The summed E-state index contributed by atoms with van der Waals surface area (Å²) in [6.07, 6.45) is 6.05. The molecule has 7 nitrogen and oxygen atoms in total. The highest BCUT2D eigenvalue weighted by Crippen LogP contribution is 2.17. The monoisotopic (exact) mass is 534 g/mol. The number of nitrogens with one attached hydrogen (secondary N) is 2. The van der Waals surface area contributed by atoms with Gasteiger partial charge in [0.15, 0.2) is 0 Å². The molecule has 0 saturated carbocycles. The maximum absolute atomic E-state index is 12.9. The summed E-state index contributed by atoms with van der Waals surface area (Å²) in [6, 6.07) is 18.5. The maximum Gasteiger partial charge on any atom is 0.309 e. The van der Waals surface area contributed by atoms with Crippen LogP contribution >= 0.6 is 0 Å². The largest absolute Gasteiger partial charge is 0.463 e. The Bertz CT molecular complexity index is 1040. The topological polar surface area (TPSA) is 105 Å². The molecule has 2 aromatic carbocycles. The third-order valence-electron chi connectivity index (χ3n) is 6.41. The van der Waals surface area contributed by atoms with Gasteiger partial charge in [0.1, 0.15) is 6.61 Å². The van der Waals surface area contributed by atoms with Crippen molar-refractivity contribution in [1.29, 1.82) is 0 Å². The van der Waals surface area contributed by atoms with E-state index in [2.05, 4.69) is 23.8 Å². The molecule has 0 aliphatic carbocycles. The highest BCUT2D eigenvalue weighted by atomic mass is 16.5. The summed E-state index contributed by atoms with van der Waals surface area (Å²) in [6.45, 7) is 9.04. The lowest BCUT2D eigenvalue weighted by atomic mass is 9.95. The Morgan fingerprint density at radius 1 is 0.897 bits per heavy atom. The van der Waals surface area contributed by atoms with Gasteiger partial charge in [-0.3, -0.25) is 14.4 Å². The SMILES string of the molecule is C=CCC[C@H](Cc1ccccc1)C(=O)OC[C@H](C)NC(=O)[C@H](CC=C)CC(=O)N[C@H](CO)Cc1ccccc1. The van der Waals surface area contributed by atoms with Crippen molar-refractivity contribution in [2.75, 3.05) is 13.2 Å². The van der Waals surface area contributed by atoms with Gasteiger partial charge < -0.3 is 20.5 Å². The van der Waals surface area contributed by atoms with Gasteiger partial charge in [0.2, 0.25) is 11.8 Å². The van der Waals surface area contributed by atoms with Crippen LogP contribution in [0.3, 0.4) is 0 Å². The van der Waals surface area contributed by atoms with Gasteiger partial charge in [0.05, 0.1) is 30.5 Å². The van der Waals surface area contributed by atoms with Crippen LogP contribution in [0.5, 0.6) is 0 Å². The summed E-state index contributed by atoms with van der Waals surface area (Å²) in [7, 11) is 0. The molecule has 0 spiro atoms. The highest BCUT2D eigenvalue weighted by molar-refractivity contribution is 5.86. The summed E-state index contributed by atoms with van der Waals surface area (Å²) in [4.78, 5) is 38.5. The van der Waals surface area contributed by atoms with E-state index >= 15 is 0 Å². The van der Waals surface area contributed by atoms with Crippen LogP contribution in [0.4, 0.5) is 0 Å². The average Bonchev–Trinajstić information content (AvgIpc) is 2.94. The average molecular weight is 535 g/mol. The molecule has 7 heteroatoms. The zero-order valence-electron chi connectivity index (χ0n) is 22.9. The second-order valence-corrected chi connectivity index (χ2v) is 9.85. The van der Waals surface area contributed by atoms with E-state index < -0.39 is 18.0 Å². The van der Waals surface area contributed by atoms with Crippen molar-refractivity contribution in [3.63, 3.8) is 0 Å². The lowest BCUT2D eigenvalue weighted by Crippen LogP contribution is -2.44. The highest BCUT2D eigenvalue weighted by Gasteiger charge is 2.25. The number of amides is 2. The van der Waals surface area contributed by atoms with E-state index in [0.29, 0.717) is 32.1 Å². The molecule has 3 N–H and O–H groups in total. The molecule has 2 amide bonds. The Hall–Kier alpha value is -3.71. The number of hydrogen-bond donors (Lipinski definition) is 3. The molecule has 0 heterocycles. The van der Waals surface area contributed by atoms with Crippen molar-refractivity contribution in [2.24, 2.45) is 11.8 Å². The fraction of sp³-hybridized carbons (Fsp3) is 0.406. The minimum Gasteiger partial charge on any atom is -0.463 e. The van der Waals surface area contributed by atoms with E-state index in [9.17, 15) is 19.5 Å². The van der Waals surface area contributed by atoms with Gasteiger partial charge in [-0.15, -0.1) is 13.2 Å². The van der Waals surface area contributed by atoms with Crippen LogP contribution in [0.15, 0.2) is 86.0 Å². The Balaban J connectivity index is 1.87. The van der Waals surface area contributed by atoms with Crippen LogP contribution in [0.2, 0.25) is 0 Å². The Kier molecular flexibility index (Phi) is 14.3. The van der Waals surface area contributed by atoms with Crippen LogP contribution in [-0.2, 0) is 32.0 Å². The molecule has 0 aliphatic heterocycles. The first-order valence-electron chi connectivity index (χ1n) is 13.5. The predicted octanol–water partition coefficient (Wildman–Crippen LogP) is 4.16. The quantitative estimate of drug-likeness (QED) is 0.197. The minimum absolute atomic E-state index is 0.0284. The fourth-order valence-corrected chi connectivity index (χ4v) is 4.30.